The van der Waals surface area contributed by atoms with Crippen molar-refractivity contribution in [3.8, 4) is 0 Å². The summed E-state index contributed by atoms with van der Waals surface area (Å²) in [6.07, 6.45) is 3.18. The van der Waals surface area contributed by atoms with Crippen molar-refractivity contribution in [1.29, 1.82) is 0 Å². The molecule has 0 aromatic carbocycles. The number of hydrogen-bond donors (Lipinski definition) is 3. The Morgan fingerprint density at radius 1 is 1.62 bits per heavy atom. The van der Waals surface area contributed by atoms with Crippen LogP contribution in [0.5, 0.6) is 0 Å². The molecule has 74 valence electrons. The van der Waals surface area contributed by atoms with Crippen molar-refractivity contribution in [3.05, 3.63) is 0 Å². The number of oxime groups is 1. The molecule has 0 bridgehead atoms. The molecule has 0 radical (unpaired) electrons. The minimum Gasteiger partial charge on any atom is -0.411 e. The fraction of sp³-hybridized carbons (Fsp3) is 0.750. The van der Waals surface area contributed by atoms with Gasteiger partial charge in [0.25, 0.3) is 5.91 Å². The lowest BCUT2D eigenvalue weighted by atomic mass is 9.98. The van der Waals surface area contributed by atoms with E-state index in [0.717, 1.165) is 32.1 Å². The molecular formula is C8H16N3O2+. The van der Waals surface area contributed by atoms with Gasteiger partial charge in [-0.15, -0.1) is 0 Å². The highest BCUT2D eigenvalue weighted by molar-refractivity contribution is 6.25. The van der Waals surface area contributed by atoms with Crippen LogP contribution in [0, 0.1) is 5.92 Å². The zero-order chi connectivity index (χ0) is 9.52. The lowest BCUT2D eigenvalue weighted by Crippen LogP contribution is -2.86. The monoisotopic (exact) mass is 186 g/mol. The summed E-state index contributed by atoms with van der Waals surface area (Å²) >= 11 is 0. The molecule has 1 rings (SSSR count). The number of piperidine rings is 1. The van der Waals surface area contributed by atoms with Gasteiger partial charge in [0.05, 0.1) is 13.1 Å². The van der Waals surface area contributed by atoms with Gasteiger partial charge in [-0.1, -0.05) is 5.16 Å². The zero-order valence-electron chi connectivity index (χ0n) is 7.57. The van der Waals surface area contributed by atoms with Gasteiger partial charge in [0.15, 0.2) is 0 Å². The molecule has 0 saturated carbocycles. The van der Waals surface area contributed by atoms with Crippen LogP contribution in [0.3, 0.4) is 0 Å². The molecule has 4 N–H and O–H groups in total. The van der Waals surface area contributed by atoms with Crippen LogP contribution in [-0.2, 0) is 4.79 Å². The number of carbonyl (C=O) groups excluding carboxylic acids is 1. The number of nitrogens with one attached hydrogen (secondary N) is 1. The van der Waals surface area contributed by atoms with E-state index >= 15 is 0 Å². The van der Waals surface area contributed by atoms with E-state index in [1.165, 1.54) is 0 Å². The largest absolute Gasteiger partial charge is 0.411 e. The average Bonchev–Trinajstić information content (AvgIpc) is 2.17. The first-order chi connectivity index (χ1) is 6.33. The second-order valence-corrected chi connectivity index (χ2v) is 3.30. The van der Waals surface area contributed by atoms with Gasteiger partial charge in [0, 0.05) is 19.4 Å². The van der Waals surface area contributed by atoms with Gasteiger partial charge in [-0.05, 0) is 5.92 Å². The van der Waals surface area contributed by atoms with Crippen molar-refractivity contribution in [2.24, 2.45) is 11.1 Å². The summed E-state index contributed by atoms with van der Waals surface area (Å²) in [6.45, 7) is 2.99. The molecule has 1 amide bonds. The van der Waals surface area contributed by atoms with Crippen LogP contribution in [0.15, 0.2) is 5.16 Å². The lowest BCUT2D eigenvalue weighted by molar-refractivity contribution is -0.664. The minimum absolute atomic E-state index is 0.322. The minimum atomic E-state index is -0.322. The highest BCUT2D eigenvalue weighted by Gasteiger charge is 2.15. The standard InChI is InChI=1S/C8H15N3O2/c12-8(6-11-13)10-5-7-1-3-9-4-2-7/h6-7,9,13H,1-5H2,(H,10,12)/p+1/b11-6-. The van der Waals surface area contributed by atoms with E-state index in [-0.39, 0.29) is 5.91 Å². The summed E-state index contributed by atoms with van der Waals surface area (Å²) in [5, 5.41) is 15.7. The first-order valence-corrected chi connectivity index (χ1v) is 4.60. The first kappa shape index (κ1) is 9.98. The second kappa shape index (κ2) is 5.53. The first-order valence-electron chi connectivity index (χ1n) is 4.60. The Labute approximate surface area is 77.2 Å². The number of carbonyl (C=O) groups is 1. The highest BCUT2D eigenvalue weighted by Crippen LogP contribution is 2.06. The van der Waals surface area contributed by atoms with E-state index in [0.29, 0.717) is 12.5 Å². The number of nitrogens with zero attached hydrogens (tertiary/aromatic N) is 1. The summed E-state index contributed by atoms with van der Waals surface area (Å²) in [6, 6.07) is 0. The van der Waals surface area contributed by atoms with Gasteiger partial charge < -0.3 is 15.8 Å². The van der Waals surface area contributed by atoms with E-state index in [2.05, 4.69) is 15.8 Å². The van der Waals surface area contributed by atoms with Crippen molar-refractivity contribution in [3.63, 3.8) is 0 Å². The van der Waals surface area contributed by atoms with E-state index in [1.807, 2.05) is 0 Å². The van der Waals surface area contributed by atoms with Gasteiger partial charge >= 0.3 is 0 Å². The third-order valence-electron chi connectivity index (χ3n) is 2.30. The summed E-state index contributed by atoms with van der Waals surface area (Å²) in [4.78, 5) is 10.9. The maximum atomic E-state index is 10.9. The predicted octanol–water partition coefficient (Wildman–Crippen LogP) is -1.46. The fourth-order valence-electron chi connectivity index (χ4n) is 1.54. The van der Waals surface area contributed by atoms with E-state index < -0.39 is 0 Å². The maximum absolute atomic E-state index is 10.9. The molecule has 1 fully saturated rings. The maximum Gasteiger partial charge on any atom is 0.265 e. The van der Waals surface area contributed by atoms with Crippen molar-refractivity contribution >= 4 is 12.1 Å². The molecule has 0 unspecified atom stereocenters. The molecule has 1 aliphatic rings. The van der Waals surface area contributed by atoms with E-state index in [4.69, 9.17) is 5.21 Å². The van der Waals surface area contributed by atoms with Crippen LogP contribution in [0.4, 0.5) is 0 Å². The molecule has 5 nitrogen and oxygen atoms in total. The van der Waals surface area contributed by atoms with Gasteiger partial charge in [-0.2, -0.15) is 0 Å². The van der Waals surface area contributed by atoms with Crippen molar-refractivity contribution in [1.82, 2.24) is 5.32 Å². The Bertz CT molecular complexity index is 188. The molecule has 1 heterocycles. The van der Waals surface area contributed by atoms with E-state index in [9.17, 15) is 4.79 Å². The molecular weight excluding hydrogens is 170 g/mol. The third kappa shape index (κ3) is 3.89. The fourth-order valence-corrected chi connectivity index (χ4v) is 1.54. The molecule has 0 aromatic heterocycles. The van der Waals surface area contributed by atoms with Crippen LogP contribution in [0.2, 0.25) is 0 Å². The number of rotatable bonds is 3. The summed E-state index contributed by atoms with van der Waals surface area (Å²) < 4.78 is 0. The van der Waals surface area contributed by atoms with Crippen LogP contribution in [-0.4, -0.2) is 37.0 Å². The topological polar surface area (TPSA) is 78.3 Å². The molecule has 0 aliphatic carbocycles. The van der Waals surface area contributed by atoms with Crippen LogP contribution >= 0.6 is 0 Å². The number of hydrogen-bond acceptors (Lipinski definition) is 3. The summed E-state index contributed by atoms with van der Waals surface area (Å²) in [7, 11) is 0. The number of quaternary nitrogens is 1. The molecule has 0 atom stereocenters. The SMILES string of the molecule is O=C(/C=N\O)NCC1CC[NH2+]CC1. The van der Waals surface area contributed by atoms with Gasteiger partial charge in [0.1, 0.15) is 6.21 Å². The molecule has 13 heavy (non-hydrogen) atoms. The molecule has 1 aliphatic heterocycles. The smallest absolute Gasteiger partial charge is 0.265 e. The normalized spacial score (nSPS) is 19.1. The number of amides is 1. The van der Waals surface area contributed by atoms with Gasteiger partial charge in [-0.25, -0.2) is 0 Å². The van der Waals surface area contributed by atoms with Gasteiger partial charge in [-0.3, -0.25) is 4.79 Å². The summed E-state index contributed by atoms with van der Waals surface area (Å²) in [5.74, 6) is 0.262. The molecule has 0 aromatic rings. The van der Waals surface area contributed by atoms with Crippen LogP contribution in [0.1, 0.15) is 12.8 Å². The zero-order valence-corrected chi connectivity index (χ0v) is 7.57. The quantitative estimate of drug-likeness (QED) is 0.286. The van der Waals surface area contributed by atoms with Crippen LogP contribution < -0.4 is 10.6 Å². The predicted molar refractivity (Wildman–Crippen MR) is 47.7 cm³/mol. The Balaban J connectivity index is 2.13. The lowest BCUT2D eigenvalue weighted by Gasteiger charge is -2.19. The van der Waals surface area contributed by atoms with Gasteiger partial charge in [0.2, 0.25) is 0 Å². The molecule has 1 saturated heterocycles. The average molecular weight is 186 g/mol. The molecule has 5 heteroatoms. The Hall–Kier alpha value is -1.10. The third-order valence-corrected chi connectivity index (χ3v) is 2.30. The highest BCUT2D eigenvalue weighted by atomic mass is 16.4. The molecule has 0 spiro atoms. The number of nitrogens with two attached hydrogens (primary N) is 1. The van der Waals surface area contributed by atoms with Crippen molar-refractivity contribution in [2.45, 2.75) is 12.8 Å². The second-order valence-electron chi connectivity index (χ2n) is 3.30. The van der Waals surface area contributed by atoms with Crippen molar-refractivity contribution < 1.29 is 15.3 Å². The Morgan fingerprint density at radius 2 is 2.31 bits per heavy atom. The van der Waals surface area contributed by atoms with Crippen molar-refractivity contribution in [2.75, 3.05) is 19.6 Å². The van der Waals surface area contributed by atoms with Crippen LogP contribution in [0.25, 0.3) is 0 Å². The summed E-state index contributed by atoms with van der Waals surface area (Å²) in [5.41, 5.74) is 0. The Morgan fingerprint density at radius 3 is 2.92 bits per heavy atom. The van der Waals surface area contributed by atoms with E-state index in [1.54, 1.807) is 0 Å². The Kier molecular flexibility index (Phi) is 4.25.